The monoisotopic (exact) mass is 442 g/mol. The molecule has 1 aromatic rings. The van der Waals surface area contributed by atoms with Gasteiger partial charge in [-0.25, -0.2) is 8.42 Å². The summed E-state index contributed by atoms with van der Waals surface area (Å²) in [6.45, 7) is 5.16. The molecule has 0 fully saturated rings. The Balaban J connectivity index is 3.08. The summed E-state index contributed by atoms with van der Waals surface area (Å²) in [5.74, 6) is 0. The van der Waals surface area contributed by atoms with E-state index in [0.717, 1.165) is 3.57 Å². The van der Waals surface area contributed by atoms with Gasteiger partial charge >= 0.3 is 0 Å². The van der Waals surface area contributed by atoms with Crippen molar-refractivity contribution in [2.45, 2.75) is 25.0 Å². The normalized spacial score (nSPS) is 13.5. The molecule has 1 aromatic carbocycles. The molecule has 0 radical (unpaired) electrons. The Hall–Kier alpha value is -0.260. The maximum Gasteiger partial charge on any atom is 0.245 e. The van der Waals surface area contributed by atoms with E-state index in [1.807, 2.05) is 6.92 Å². The molecule has 0 aliphatic carbocycles. The van der Waals surface area contributed by atoms with E-state index in [0.29, 0.717) is 19.8 Å². The summed E-state index contributed by atoms with van der Waals surface area (Å²) in [4.78, 5) is 0.225. The van der Waals surface area contributed by atoms with Crippen LogP contribution in [0.4, 0.5) is 0 Å². The van der Waals surface area contributed by atoms with E-state index in [4.69, 9.17) is 15.2 Å². The van der Waals surface area contributed by atoms with E-state index >= 15 is 0 Å². The molecule has 0 spiro atoms. The summed E-state index contributed by atoms with van der Waals surface area (Å²) in [5, 5.41) is 0. The Bertz CT molecular complexity index is 536. The van der Waals surface area contributed by atoms with Gasteiger partial charge in [-0.3, -0.25) is 0 Å². The van der Waals surface area contributed by atoms with Crippen molar-refractivity contribution in [3.63, 3.8) is 0 Å². The minimum atomic E-state index is -3.69. The second kappa shape index (κ2) is 9.78. The van der Waals surface area contributed by atoms with Crippen molar-refractivity contribution in [1.29, 1.82) is 0 Å². The molecule has 0 aliphatic rings. The summed E-state index contributed by atoms with van der Waals surface area (Å²) in [6, 6.07) is 6.69. The van der Waals surface area contributed by atoms with Crippen molar-refractivity contribution in [3.8, 4) is 0 Å². The number of hydrogen-bond acceptors (Lipinski definition) is 5. The van der Waals surface area contributed by atoms with Crippen LogP contribution in [-0.4, -0.2) is 51.9 Å². The minimum absolute atomic E-state index is 0.0869. The topological polar surface area (TPSA) is 81.9 Å². The van der Waals surface area contributed by atoms with Gasteiger partial charge < -0.3 is 15.2 Å². The van der Waals surface area contributed by atoms with Gasteiger partial charge in [-0.05, 0) is 60.7 Å². The Morgan fingerprint density at radius 1 is 1.23 bits per heavy atom. The zero-order valence-corrected chi connectivity index (χ0v) is 15.8. The maximum absolute atomic E-state index is 12.8. The number of rotatable bonds is 10. The van der Waals surface area contributed by atoms with E-state index < -0.39 is 16.3 Å². The van der Waals surface area contributed by atoms with Gasteiger partial charge in [-0.2, -0.15) is 4.31 Å². The molecule has 0 aromatic heterocycles. The van der Waals surface area contributed by atoms with Gasteiger partial charge in [0.2, 0.25) is 10.0 Å². The molecule has 22 heavy (non-hydrogen) atoms. The second-order valence-corrected chi connectivity index (χ2v) is 7.55. The maximum atomic E-state index is 12.8. The van der Waals surface area contributed by atoms with E-state index in [-0.39, 0.29) is 18.0 Å². The second-order valence-electron chi connectivity index (χ2n) is 4.41. The fourth-order valence-electron chi connectivity index (χ4n) is 1.92. The number of benzene rings is 1. The molecule has 0 amide bonds. The molecule has 1 rings (SSSR count). The molecule has 1 atom stereocenters. The first-order chi connectivity index (χ1) is 10.5. The number of hydrogen-bond donors (Lipinski definition) is 1. The molecule has 0 bridgehead atoms. The van der Waals surface area contributed by atoms with Crippen molar-refractivity contribution in [2.75, 3.05) is 32.9 Å². The lowest BCUT2D eigenvalue weighted by molar-refractivity contribution is -0.0155. The molecule has 2 N–H and O–H groups in total. The van der Waals surface area contributed by atoms with Gasteiger partial charge in [0.1, 0.15) is 6.23 Å². The lowest BCUT2D eigenvalue weighted by Gasteiger charge is -2.29. The summed E-state index contributed by atoms with van der Waals surface area (Å²) in [6.07, 6.45) is -0.699. The molecular formula is C14H23IN2O4S. The largest absolute Gasteiger partial charge is 0.380 e. The van der Waals surface area contributed by atoms with Gasteiger partial charge in [0.15, 0.2) is 0 Å². The third-order valence-corrected chi connectivity index (χ3v) is 5.58. The highest BCUT2D eigenvalue weighted by Crippen LogP contribution is 2.19. The van der Waals surface area contributed by atoms with Crippen molar-refractivity contribution < 1.29 is 17.9 Å². The smallest absolute Gasteiger partial charge is 0.245 e. The number of halogens is 1. The van der Waals surface area contributed by atoms with E-state index in [1.54, 1.807) is 31.2 Å². The molecule has 8 heteroatoms. The van der Waals surface area contributed by atoms with Crippen LogP contribution in [-0.2, 0) is 19.5 Å². The van der Waals surface area contributed by atoms with Gasteiger partial charge in [-0.15, -0.1) is 0 Å². The summed E-state index contributed by atoms with van der Waals surface area (Å²) in [7, 11) is -3.69. The molecule has 0 saturated carbocycles. The first-order valence-electron chi connectivity index (χ1n) is 7.14. The minimum Gasteiger partial charge on any atom is -0.380 e. The first-order valence-corrected chi connectivity index (χ1v) is 9.66. The van der Waals surface area contributed by atoms with Crippen molar-refractivity contribution in [1.82, 2.24) is 4.31 Å². The molecule has 0 aliphatic heterocycles. The van der Waals surface area contributed by atoms with Gasteiger partial charge in [0.25, 0.3) is 0 Å². The van der Waals surface area contributed by atoms with Crippen LogP contribution in [0.2, 0.25) is 0 Å². The van der Waals surface area contributed by atoms with Crippen LogP contribution in [0, 0.1) is 3.57 Å². The Labute approximate surface area is 146 Å². The Kier molecular flexibility index (Phi) is 8.80. The molecule has 0 saturated heterocycles. The molecular weight excluding hydrogens is 419 g/mol. The number of sulfonamides is 1. The summed E-state index contributed by atoms with van der Waals surface area (Å²) >= 11 is 2.13. The van der Waals surface area contributed by atoms with Crippen LogP contribution < -0.4 is 5.73 Å². The van der Waals surface area contributed by atoms with E-state index in [9.17, 15) is 8.42 Å². The van der Waals surface area contributed by atoms with Crippen LogP contribution in [0.15, 0.2) is 29.2 Å². The van der Waals surface area contributed by atoms with Crippen molar-refractivity contribution in [3.05, 3.63) is 27.8 Å². The zero-order chi connectivity index (χ0) is 16.6. The first kappa shape index (κ1) is 19.8. The molecule has 126 valence electrons. The highest BCUT2D eigenvalue weighted by Gasteiger charge is 2.31. The predicted octanol–water partition coefficient (Wildman–Crippen LogP) is 1.64. The summed E-state index contributed by atoms with van der Waals surface area (Å²) < 4.78 is 38.7. The van der Waals surface area contributed by atoms with E-state index in [1.165, 1.54) is 4.31 Å². The average Bonchev–Trinajstić information content (AvgIpc) is 2.50. The third-order valence-electron chi connectivity index (χ3n) is 2.96. The van der Waals surface area contributed by atoms with Crippen LogP contribution >= 0.6 is 22.6 Å². The van der Waals surface area contributed by atoms with Crippen LogP contribution in [0.1, 0.15) is 13.8 Å². The van der Waals surface area contributed by atoms with Crippen LogP contribution in [0.3, 0.4) is 0 Å². The molecule has 6 nitrogen and oxygen atoms in total. The number of nitrogens with zero attached hydrogens (tertiary/aromatic N) is 1. The summed E-state index contributed by atoms with van der Waals surface area (Å²) in [5.41, 5.74) is 5.69. The highest BCUT2D eigenvalue weighted by molar-refractivity contribution is 14.1. The predicted molar refractivity (Wildman–Crippen MR) is 94.0 cm³/mol. The molecule has 1 unspecified atom stereocenters. The van der Waals surface area contributed by atoms with Gasteiger partial charge in [-0.1, -0.05) is 0 Å². The van der Waals surface area contributed by atoms with Gasteiger partial charge in [0.05, 0.1) is 11.5 Å². The van der Waals surface area contributed by atoms with Crippen molar-refractivity contribution >= 4 is 32.6 Å². The average molecular weight is 442 g/mol. The van der Waals surface area contributed by atoms with Crippen LogP contribution in [0.25, 0.3) is 0 Å². The third kappa shape index (κ3) is 5.43. The van der Waals surface area contributed by atoms with E-state index in [2.05, 4.69) is 22.6 Å². The Morgan fingerprint density at radius 3 is 2.36 bits per heavy atom. The number of ether oxygens (including phenoxy) is 2. The number of nitrogens with two attached hydrogens (primary N) is 1. The Morgan fingerprint density at radius 2 is 1.86 bits per heavy atom. The lowest BCUT2D eigenvalue weighted by Crippen LogP contribution is -2.47. The highest BCUT2D eigenvalue weighted by atomic mass is 127. The molecule has 0 heterocycles. The van der Waals surface area contributed by atoms with Crippen molar-refractivity contribution in [2.24, 2.45) is 5.73 Å². The fraction of sp³-hybridized carbons (Fsp3) is 0.571. The lowest BCUT2D eigenvalue weighted by atomic mass is 10.4. The SMILES string of the molecule is CCOCCN(C(CN)OCC)S(=O)(=O)c1ccc(I)cc1. The zero-order valence-electron chi connectivity index (χ0n) is 12.9. The van der Waals surface area contributed by atoms with Crippen LogP contribution in [0.5, 0.6) is 0 Å². The quantitative estimate of drug-likeness (QED) is 0.339. The fourth-order valence-corrected chi connectivity index (χ4v) is 3.80. The standard InChI is InChI=1S/C14H23IN2O4S/c1-3-20-10-9-17(14(11-16)21-4-2)22(18,19)13-7-5-12(15)6-8-13/h5-8,14H,3-4,9-11,16H2,1-2H3. The van der Waals surface area contributed by atoms with Gasteiger partial charge in [0, 0.05) is 29.9 Å².